The molecule has 0 aliphatic rings. The molecule has 0 N–H and O–H groups in total. The molecule has 4 rings (SSSR count). The van der Waals surface area contributed by atoms with Crippen molar-refractivity contribution in [1.29, 1.82) is 0 Å². The number of hydrogen-bond acceptors (Lipinski definition) is 5. The van der Waals surface area contributed by atoms with Crippen molar-refractivity contribution in [2.75, 3.05) is 0 Å². The van der Waals surface area contributed by atoms with Crippen LogP contribution in [0.2, 0.25) is 0 Å². The highest BCUT2D eigenvalue weighted by Crippen LogP contribution is 2.42. The van der Waals surface area contributed by atoms with Crippen molar-refractivity contribution in [3.63, 3.8) is 0 Å². The molecule has 4 aromatic rings. The Morgan fingerprint density at radius 2 is 1.29 bits per heavy atom. The minimum atomic E-state index is 1.07. The molecule has 0 saturated heterocycles. The zero-order valence-electron chi connectivity index (χ0n) is 9.27. The van der Waals surface area contributed by atoms with Gasteiger partial charge in [-0.2, -0.15) is 8.75 Å². The monoisotopic (exact) mass is 276 g/mol. The Labute approximate surface area is 110 Å². The summed E-state index contributed by atoms with van der Waals surface area (Å²) in [7, 11) is 0. The van der Waals surface area contributed by atoms with Gasteiger partial charge in [0.05, 0.1) is 21.1 Å². The number of thiophene rings is 2. The lowest BCUT2D eigenvalue weighted by atomic mass is 10.1. The number of benzene rings is 1. The van der Waals surface area contributed by atoms with Crippen LogP contribution < -0.4 is 0 Å². The summed E-state index contributed by atoms with van der Waals surface area (Å²) in [4.78, 5) is 2.68. The van der Waals surface area contributed by atoms with Crippen LogP contribution in [-0.2, 0) is 0 Å². The second-order valence-electron chi connectivity index (χ2n) is 4.16. The lowest BCUT2D eigenvalue weighted by Crippen LogP contribution is -1.72. The van der Waals surface area contributed by atoms with Crippen LogP contribution in [0.3, 0.4) is 0 Å². The van der Waals surface area contributed by atoms with Crippen LogP contribution in [0.25, 0.3) is 31.2 Å². The van der Waals surface area contributed by atoms with Gasteiger partial charge >= 0.3 is 0 Å². The maximum Gasteiger partial charge on any atom is 0.114 e. The lowest BCUT2D eigenvalue weighted by molar-refractivity contribution is 1.64. The molecule has 0 amide bonds. The van der Waals surface area contributed by atoms with E-state index in [4.69, 9.17) is 0 Å². The predicted octanol–water partition coefficient (Wildman–Crippen LogP) is 4.74. The Morgan fingerprint density at radius 1 is 0.824 bits per heavy atom. The Bertz CT molecular complexity index is 796. The van der Waals surface area contributed by atoms with Crippen molar-refractivity contribution >= 4 is 65.6 Å². The third-order valence-electron chi connectivity index (χ3n) is 2.92. The van der Waals surface area contributed by atoms with Crippen molar-refractivity contribution in [3.8, 4) is 0 Å². The lowest BCUT2D eigenvalue weighted by Gasteiger charge is -1.94. The molecular formula is C12H8N2S3. The van der Waals surface area contributed by atoms with Crippen molar-refractivity contribution in [1.82, 2.24) is 8.75 Å². The number of fused-ring (bicyclic) bond motifs is 6. The van der Waals surface area contributed by atoms with Crippen molar-refractivity contribution in [2.45, 2.75) is 13.8 Å². The zero-order valence-corrected chi connectivity index (χ0v) is 11.7. The van der Waals surface area contributed by atoms with Gasteiger partial charge in [-0.1, -0.05) is 0 Å². The van der Waals surface area contributed by atoms with E-state index < -0.39 is 0 Å². The highest BCUT2D eigenvalue weighted by atomic mass is 32.1. The molecule has 0 aliphatic heterocycles. The van der Waals surface area contributed by atoms with Gasteiger partial charge in [0.25, 0.3) is 0 Å². The molecule has 0 unspecified atom stereocenters. The molecule has 3 aromatic heterocycles. The maximum absolute atomic E-state index is 4.46. The minimum absolute atomic E-state index is 1.07. The SMILES string of the molecule is Cc1cc2c3nsnc3c3cc(C)sc3c2s1. The smallest absolute Gasteiger partial charge is 0.114 e. The molecule has 0 atom stereocenters. The van der Waals surface area contributed by atoms with Gasteiger partial charge in [0.2, 0.25) is 0 Å². The molecule has 2 nitrogen and oxygen atoms in total. The molecule has 0 bridgehead atoms. The first-order chi connectivity index (χ1) is 8.24. The van der Waals surface area contributed by atoms with Gasteiger partial charge in [-0.3, -0.25) is 0 Å². The summed E-state index contributed by atoms with van der Waals surface area (Å²) < 4.78 is 11.7. The third-order valence-corrected chi connectivity index (χ3v) is 5.71. The van der Waals surface area contributed by atoms with E-state index in [-0.39, 0.29) is 0 Å². The van der Waals surface area contributed by atoms with Gasteiger partial charge in [0, 0.05) is 20.5 Å². The maximum atomic E-state index is 4.46. The number of aromatic nitrogens is 2. The van der Waals surface area contributed by atoms with Gasteiger partial charge in [-0.15, -0.1) is 22.7 Å². The fourth-order valence-corrected chi connectivity index (χ4v) is 5.02. The van der Waals surface area contributed by atoms with Crippen molar-refractivity contribution in [2.24, 2.45) is 0 Å². The predicted molar refractivity (Wildman–Crippen MR) is 77.7 cm³/mol. The Hall–Kier alpha value is -1.04. The van der Waals surface area contributed by atoms with Crippen LogP contribution in [0, 0.1) is 13.8 Å². The second kappa shape index (κ2) is 3.25. The topological polar surface area (TPSA) is 25.8 Å². The van der Waals surface area contributed by atoms with E-state index in [2.05, 4.69) is 34.7 Å². The summed E-state index contributed by atoms with van der Waals surface area (Å²) in [6, 6.07) is 4.47. The van der Waals surface area contributed by atoms with Crippen LogP contribution >= 0.6 is 34.4 Å². The van der Waals surface area contributed by atoms with Gasteiger partial charge in [0.1, 0.15) is 11.0 Å². The van der Waals surface area contributed by atoms with E-state index in [0.29, 0.717) is 0 Å². The van der Waals surface area contributed by atoms with Crippen LogP contribution in [-0.4, -0.2) is 8.75 Å². The van der Waals surface area contributed by atoms with Gasteiger partial charge in [-0.25, -0.2) is 0 Å². The molecule has 5 heteroatoms. The minimum Gasteiger partial charge on any atom is -0.172 e. The average Bonchev–Trinajstić information content (AvgIpc) is 2.91. The van der Waals surface area contributed by atoms with Gasteiger partial charge in [-0.05, 0) is 26.0 Å². The summed E-state index contributed by atoms with van der Waals surface area (Å²) in [6.45, 7) is 4.31. The summed E-state index contributed by atoms with van der Waals surface area (Å²) in [5.41, 5.74) is 2.14. The van der Waals surface area contributed by atoms with Gasteiger partial charge < -0.3 is 0 Å². The van der Waals surface area contributed by atoms with E-state index in [0.717, 1.165) is 11.0 Å². The quantitative estimate of drug-likeness (QED) is 0.463. The number of nitrogens with zero attached hydrogens (tertiary/aromatic N) is 2. The number of hydrogen-bond donors (Lipinski definition) is 0. The van der Waals surface area contributed by atoms with E-state index in [1.54, 1.807) is 0 Å². The van der Waals surface area contributed by atoms with Gasteiger partial charge in [0.15, 0.2) is 0 Å². The third kappa shape index (κ3) is 1.24. The van der Waals surface area contributed by atoms with Crippen LogP contribution in [0.15, 0.2) is 12.1 Å². The first-order valence-electron chi connectivity index (χ1n) is 5.28. The summed E-state index contributed by atoms with van der Waals surface area (Å²) in [6.07, 6.45) is 0. The number of aryl methyl sites for hydroxylation is 2. The fourth-order valence-electron chi connectivity index (χ4n) is 2.26. The molecule has 3 heterocycles. The zero-order chi connectivity index (χ0) is 11.6. The largest absolute Gasteiger partial charge is 0.172 e. The molecule has 0 aliphatic carbocycles. The van der Waals surface area contributed by atoms with E-state index >= 15 is 0 Å². The average molecular weight is 276 g/mol. The second-order valence-corrected chi connectivity index (χ2v) is 7.20. The Morgan fingerprint density at radius 3 is 1.76 bits per heavy atom. The number of rotatable bonds is 0. The van der Waals surface area contributed by atoms with Crippen LogP contribution in [0.1, 0.15) is 9.75 Å². The fraction of sp³-hybridized carbons (Fsp3) is 0.167. The van der Waals surface area contributed by atoms with Crippen molar-refractivity contribution in [3.05, 3.63) is 21.9 Å². The van der Waals surface area contributed by atoms with Crippen LogP contribution in [0.4, 0.5) is 0 Å². The highest BCUT2D eigenvalue weighted by molar-refractivity contribution is 7.27. The molecule has 0 fully saturated rings. The Balaban J connectivity index is 2.46. The molecule has 0 radical (unpaired) electrons. The van der Waals surface area contributed by atoms with Crippen molar-refractivity contribution < 1.29 is 0 Å². The summed E-state index contributed by atoms with van der Waals surface area (Å²) >= 11 is 5.03. The van der Waals surface area contributed by atoms with E-state index in [9.17, 15) is 0 Å². The first-order valence-corrected chi connectivity index (χ1v) is 7.65. The molecular weight excluding hydrogens is 268 g/mol. The van der Waals surface area contributed by atoms with E-state index in [1.165, 1.54) is 41.7 Å². The van der Waals surface area contributed by atoms with Crippen LogP contribution in [0.5, 0.6) is 0 Å². The van der Waals surface area contributed by atoms with E-state index in [1.807, 2.05) is 22.7 Å². The molecule has 1 aromatic carbocycles. The molecule has 0 spiro atoms. The first kappa shape index (κ1) is 9.94. The normalized spacial score (nSPS) is 12.1. The standard InChI is InChI=1S/C12H8N2S3/c1-5-3-7-9-10(14-17-13-9)8-4-6(2)16-12(8)11(7)15-5/h3-4H,1-2H3. The molecule has 84 valence electrons. The molecule has 0 saturated carbocycles. The Kier molecular flexibility index (Phi) is 1.90. The summed E-state index contributed by atoms with van der Waals surface area (Å²) in [5, 5.41) is 2.54. The molecule has 17 heavy (non-hydrogen) atoms. The summed E-state index contributed by atoms with van der Waals surface area (Å²) in [5.74, 6) is 0. The highest BCUT2D eigenvalue weighted by Gasteiger charge is 2.15.